The summed E-state index contributed by atoms with van der Waals surface area (Å²) in [7, 11) is 0. The summed E-state index contributed by atoms with van der Waals surface area (Å²) in [5.41, 5.74) is 5.86. The van der Waals surface area contributed by atoms with Crippen molar-refractivity contribution in [3.63, 3.8) is 0 Å². The van der Waals surface area contributed by atoms with Crippen molar-refractivity contribution >= 4 is 73.6 Å². The van der Waals surface area contributed by atoms with Crippen molar-refractivity contribution in [1.29, 1.82) is 0 Å². The quantitative estimate of drug-likeness (QED) is 0.0829. The topological polar surface area (TPSA) is 42.3 Å². The molecule has 0 aliphatic carbocycles. The number of thiazole rings is 1. The minimum absolute atomic E-state index is 0.103. The Morgan fingerprint density at radius 3 is 2.41 bits per heavy atom. The van der Waals surface area contributed by atoms with Gasteiger partial charge in [0.2, 0.25) is 0 Å². The maximum Gasteiger partial charge on any atom is 0.173 e. The summed E-state index contributed by atoms with van der Waals surface area (Å²) in [5, 5.41) is 0. The summed E-state index contributed by atoms with van der Waals surface area (Å²) in [5.74, 6) is 0.467. The second kappa shape index (κ2) is 10.6. The summed E-state index contributed by atoms with van der Waals surface area (Å²) in [4.78, 5) is 22.0. The van der Waals surface area contributed by atoms with E-state index in [1.165, 1.54) is 15.3 Å². The SMILES string of the molecule is O=C(CSc1nc2ccc(N=Cc3ccc(I)cc3)cc2s1)c1ccc(-c2ccccc2)cc1. The molecule has 0 unspecified atom stereocenters. The Bertz CT molecular complexity index is 1460. The van der Waals surface area contributed by atoms with Gasteiger partial charge in [0.25, 0.3) is 0 Å². The number of carbonyl (C=O) groups is 1. The highest BCUT2D eigenvalue weighted by atomic mass is 127. The monoisotopic (exact) mass is 590 g/mol. The average molecular weight is 591 g/mol. The maximum atomic E-state index is 12.7. The molecular formula is C28H19IN2OS2. The Kier molecular flexibility index (Phi) is 7.18. The standard InChI is InChI=1S/C28H19IN2OS2/c29-23-12-6-19(7-13-23)17-30-24-14-15-25-27(16-24)34-28(31-25)33-18-26(32)22-10-8-21(9-11-22)20-4-2-1-3-5-20/h1-17H,18H2. The second-order valence-electron chi connectivity index (χ2n) is 7.60. The zero-order valence-corrected chi connectivity index (χ0v) is 21.8. The Morgan fingerprint density at radius 1 is 0.912 bits per heavy atom. The van der Waals surface area contributed by atoms with E-state index < -0.39 is 0 Å². The van der Waals surface area contributed by atoms with E-state index in [0.29, 0.717) is 5.75 Å². The lowest BCUT2D eigenvalue weighted by Crippen LogP contribution is -2.01. The number of nitrogens with zero attached hydrogens (tertiary/aromatic N) is 2. The first kappa shape index (κ1) is 23.0. The number of halogens is 1. The highest BCUT2D eigenvalue weighted by Gasteiger charge is 2.11. The smallest absolute Gasteiger partial charge is 0.173 e. The van der Waals surface area contributed by atoms with Crippen molar-refractivity contribution in [2.24, 2.45) is 4.99 Å². The van der Waals surface area contributed by atoms with Crippen LogP contribution >= 0.6 is 45.7 Å². The van der Waals surface area contributed by atoms with Gasteiger partial charge in [0.15, 0.2) is 10.1 Å². The van der Waals surface area contributed by atoms with E-state index in [0.717, 1.165) is 42.5 Å². The number of thioether (sulfide) groups is 1. The first-order valence-corrected chi connectivity index (χ1v) is 13.5. The highest BCUT2D eigenvalue weighted by molar-refractivity contribution is 14.1. The fraction of sp³-hybridized carbons (Fsp3) is 0.0357. The van der Waals surface area contributed by atoms with E-state index in [1.807, 2.05) is 66.9 Å². The number of benzene rings is 4. The van der Waals surface area contributed by atoms with Crippen molar-refractivity contribution in [3.05, 3.63) is 112 Å². The third-order valence-corrected chi connectivity index (χ3v) is 8.11. The zero-order chi connectivity index (χ0) is 23.3. The molecule has 3 nitrogen and oxygen atoms in total. The van der Waals surface area contributed by atoms with E-state index in [9.17, 15) is 4.79 Å². The van der Waals surface area contributed by atoms with Gasteiger partial charge in [-0.3, -0.25) is 9.79 Å². The van der Waals surface area contributed by atoms with Crippen LogP contribution in [0, 0.1) is 3.57 Å². The lowest BCUT2D eigenvalue weighted by Gasteiger charge is -2.03. The fourth-order valence-corrected chi connectivity index (χ4v) is 5.78. The number of carbonyl (C=O) groups excluding carboxylic acids is 1. The molecule has 0 N–H and O–H groups in total. The number of aliphatic imine (C=N–C) groups is 1. The van der Waals surface area contributed by atoms with Gasteiger partial charge in [0.05, 0.1) is 21.7 Å². The molecule has 0 saturated carbocycles. The fourth-order valence-electron chi connectivity index (χ4n) is 3.42. The van der Waals surface area contributed by atoms with Crippen molar-refractivity contribution in [1.82, 2.24) is 4.98 Å². The Balaban J connectivity index is 1.23. The van der Waals surface area contributed by atoms with Gasteiger partial charge in [-0.25, -0.2) is 4.98 Å². The molecular weight excluding hydrogens is 571 g/mol. The zero-order valence-electron chi connectivity index (χ0n) is 18.0. The van der Waals surface area contributed by atoms with Gasteiger partial charge < -0.3 is 0 Å². The van der Waals surface area contributed by atoms with Crippen LogP contribution in [0.1, 0.15) is 15.9 Å². The Hall–Kier alpha value is -2.81. The van der Waals surface area contributed by atoms with Gasteiger partial charge in [-0.05, 0) is 69.6 Å². The molecule has 5 aromatic rings. The van der Waals surface area contributed by atoms with Crippen LogP contribution in [0.4, 0.5) is 5.69 Å². The number of hydrogen-bond donors (Lipinski definition) is 0. The van der Waals surface area contributed by atoms with Crippen LogP contribution in [-0.2, 0) is 0 Å². The van der Waals surface area contributed by atoms with Crippen molar-refractivity contribution in [3.8, 4) is 11.1 Å². The van der Waals surface area contributed by atoms with Crippen LogP contribution in [0.3, 0.4) is 0 Å². The summed E-state index contributed by atoms with van der Waals surface area (Å²) >= 11 is 5.37. The molecule has 0 atom stereocenters. The van der Waals surface area contributed by atoms with Gasteiger partial charge in [-0.2, -0.15) is 0 Å². The molecule has 0 aliphatic rings. The normalized spacial score (nSPS) is 11.3. The number of fused-ring (bicyclic) bond motifs is 1. The molecule has 5 rings (SSSR count). The molecule has 0 saturated heterocycles. The van der Waals surface area contributed by atoms with E-state index >= 15 is 0 Å². The van der Waals surface area contributed by atoms with Crippen molar-refractivity contribution in [2.75, 3.05) is 5.75 Å². The van der Waals surface area contributed by atoms with Crippen LogP contribution in [0.5, 0.6) is 0 Å². The van der Waals surface area contributed by atoms with Gasteiger partial charge >= 0.3 is 0 Å². The molecule has 1 heterocycles. The minimum atomic E-state index is 0.103. The van der Waals surface area contributed by atoms with Gasteiger partial charge in [0, 0.05) is 15.3 Å². The first-order chi connectivity index (χ1) is 16.6. The molecule has 0 radical (unpaired) electrons. The van der Waals surface area contributed by atoms with Crippen LogP contribution in [0.15, 0.2) is 106 Å². The minimum Gasteiger partial charge on any atom is -0.293 e. The summed E-state index contributed by atoms with van der Waals surface area (Å²) in [6.07, 6.45) is 1.87. The number of rotatable bonds is 7. The number of Topliss-reactive ketones (excluding diaryl/α,β-unsaturated/α-hetero) is 1. The summed E-state index contributed by atoms with van der Waals surface area (Å²) < 4.78 is 3.16. The predicted molar refractivity (Wildman–Crippen MR) is 153 cm³/mol. The molecule has 0 aliphatic heterocycles. The molecule has 166 valence electrons. The third kappa shape index (κ3) is 5.63. The molecule has 6 heteroatoms. The number of hydrogen-bond acceptors (Lipinski definition) is 5. The van der Waals surface area contributed by atoms with E-state index in [4.69, 9.17) is 0 Å². The molecule has 4 aromatic carbocycles. The van der Waals surface area contributed by atoms with Crippen LogP contribution < -0.4 is 0 Å². The van der Waals surface area contributed by atoms with Gasteiger partial charge in [-0.15, -0.1) is 11.3 Å². The molecule has 0 bridgehead atoms. The number of aromatic nitrogens is 1. The summed E-state index contributed by atoms with van der Waals surface area (Å²) in [6.45, 7) is 0. The third-order valence-electron chi connectivity index (χ3n) is 5.23. The Morgan fingerprint density at radius 2 is 1.65 bits per heavy atom. The van der Waals surface area contributed by atoms with Gasteiger partial charge in [-0.1, -0.05) is 78.5 Å². The lowest BCUT2D eigenvalue weighted by atomic mass is 10.0. The van der Waals surface area contributed by atoms with Crippen LogP contribution in [0.2, 0.25) is 0 Å². The van der Waals surface area contributed by atoms with Gasteiger partial charge in [0.1, 0.15) is 0 Å². The van der Waals surface area contributed by atoms with Crippen molar-refractivity contribution in [2.45, 2.75) is 4.34 Å². The largest absolute Gasteiger partial charge is 0.293 e. The van der Waals surface area contributed by atoms with E-state index in [1.54, 1.807) is 11.3 Å². The average Bonchev–Trinajstić information content (AvgIpc) is 3.30. The molecule has 1 aromatic heterocycles. The van der Waals surface area contributed by atoms with E-state index in [2.05, 4.69) is 69.0 Å². The molecule has 0 spiro atoms. The van der Waals surface area contributed by atoms with Crippen LogP contribution in [-0.4, -0.2) is 22.7 Å². The second-order valence-corrected chi connectivity index (χ2v) is 11.1. The molecule has 0 fully saturated rings. The highest BCUT2D eigenvalue weighted by Crippen LogP contribution is 2.32. The predicted octanol–water partition coefficient (Wildman–Crippen LogP) is 8.29. The molecule has 34 heavy (non-hydrogen) atoms. The maximum absolute atomic E-state index is 12.7. The van der Waals surface area contributed by atoms with E-state index in [-0.39, 0.29) is 5.78 Å². The summed E-state index contributed by atoms with van der Waals surface area (Å²) in [6, 6.07) is 32.2. The van der Waals surface area contributed by atoms with Crippen LogP contribution in [0.25, 0.3) is 21.3 Å². The lowest BCUT2D eigenvalue weighted by molar-refractivity contribution is 0.102. The number of ketones is 1. The Labute approximate surface area is 220 Å². The molecule has 0 amide bonds. The van der Waals surface area contributed by atoms with Crippen molar-refractivity contribution < 1.29 is 4.79 Å². The first-order valence-electron chi connectivity index (χ1n) is 10.7.